The van der Waals surface area contributed by atoms with Crippen LogP contribution in [0.25, 0.3) is 0 Å². The number of sulfonamides is 1. The van der Waals surface area contributed by atoms with Gasteiger partial charge in [-0.1, -0.05) is 12.8 Å². The van der Waals surface area contributed by atoms with E-state index in [9.17, 15) is 17.9 Å². The van der Waals surface area contributed by atoms with Gasteiger partial charge in [-0.3, -0.25) is 4.98 Å². The number of aromatic nitrogens is 1. The maximum absolute atomic E-state index is 13.0. The number of hydrogen-bond acceptors (Lipinski definition) is 4. The first kappa shape index (κ1) is 14.4. The van der Waals surface area contributed by atoms with Crippen LogP contribution in [0.3, 0.4) is 0 Å². The van der Waals surface area contributed by atoms with Crippen molar-refractivity contribution >= 4 is 10.0 Å². The molecule has 1 fully saturated rings. The minimum atomic E-state index is -3.82. The summed E-state index contributed by atoms with van der Waals surface area (Å²) < 4.78 is 38.6. The number of nitrogens with zero attached hydrogens (tertiary/aromatic N) is 2. The molecule has 0 spiro atoms. The summed E-state index contributed by atoms with van der Waals surface area (Å²) in [7, 11) is -2.43. The van der Waals surface area contributed by atoms with Gasteiger partial charge in [0, 0.05) is 19.8 Å². The summed E-state index contributed by atoms with van der Waals surface area (Å²) in [5, 5.41) is 10.2. The third kappa shape index (κ3) is 3.10. The van der Waals surface area contributed by atoms with Crippen LogP contribution in [0.1, 0.15) is 25.7 Å². The Labute approximate surface area is 112 Å². The summed E-state index contributed by atoms with van der Waals surface area (Å²) in [6.45, 7) is 0.0197. The fourth-order valence-corrected chi connectivity index (χ4v) is 3.63. The average Bonchev–Trinajstić information content (AvgIpc) is 2.75. The molecule has 0 amide bonds. The third-order valence-corrected chi connectivity index (χ3v) is 5.21. The van der Waals surface area contributed by atoms with Gasteiger partial charge in [0.1, 0.15) is 10.7 Å². The summed E-state index contributed by atoms with van der Waals surface area (Å²) in [6.07, 6.45) is 5.03. The summed E-state index contributed by atoms with van der Waals surface area (Å²) >= 11 is 0. The lowest BCUT2D eigenvalue weighted by Gasteiger charge is -2.28. The maximum Gasteiger partial charge on any atom is 0.244 e. The van der Waals surface area contributed by atoms with Gasteiger partial charge in [0.05, 0.1) is 11.8 Å². The Morgan fingerprint density at radius 2 is 2.05 bits per heavy atom. The number of rotatable bonds is 4. The summed E-state index contributed by atoms with van der Waals surface area (Å²) in [5.74, 6) is -0.700. The van der Waals surface area contributed by atoms with Gasteiger partial charge in [-0.05, 0) is 18.9 Å². The first-order valence-electron chi connectivity index (χ1n) is 6.13. The molecule has 0 atom stereocenters. The van der Waals surface area contributed by atoms with Crippen LogP contribution in [0.4, 0.5) is 4.39 Å². The van der Waals surface area contributed by atoms with E-state index < -0.39 is 21.4 Å². The highest BCUT2D eigenvalue weighted by Gasteiger charge is 2.35. The molecular formula is C12H17FN2O3S. The fourth-order valence-electron chi connectivity index (χ4n) is 2.40. The lowest BCUT2D eigenvalue weighted by Crippen LogP contribution is -2.42. The number of likely N-dealkylation sites (N-methyl/N-ethyl adjacent to an activating group) is 1. The minimum Gasteiger partial charge on any atom is -0.389 e. The first-order chi connectivity index (χ1) is 8.83. The smallest absolute Gasteiger partial charge is 0.244 e. The van der Waals surface area contributed by atoms with Crippen LogP contribution in [0.15, 0.2) is 23.4 Å². The van der Waals surface area contributed by atoms with E-state index in [4.69, 9.17) is 0 Å². The molecule has 0 unspecified atom stereocenters. The highest BCUT2D eigenvalue weighted by atomic mass is 32.2. The zero-order valence-electron chi connectivity index (χ0n) is 10.7. The van der Waals surface area contributed by atoms with Crippen LogP contribution in [0, 0.1) is 5.82 Å². The maximum atomic E-state index is 13.0. The molecule has 1 N–H and O–H groups in total. The Hall–Kier alpha value is -1.05. The van der Waals surface area contributed by atoms with Crippen molar-refractivity contribution in [1.29, 1.82) is 0 Å². The third-order valence-electron chi connectivity index (χ3n) is 3.44. The van der Waals surface area contributed by atoms with Crippen molar-refractivity contribution in [2.45, 2.75) is 36.2 Å². The average molecular weight is 288 g/mol. The van der Waals surface area contributed by atoms with E-state index in [0.717, 1.165) is 35.6 Å². The van der Waals surface area contributed by atoms with Crippen LogP contribution in [0.2, 0.25) is 0 Å². The van der Waals surface area contributed by atoms with E-state index in [1.165, 1.54) is 7.05 Å². The van der Waals surface area contributed by atoms with Gasteiger partial charge in [0.15, 0.2) is 0 Å². The Balaban J connectivity index is 2.19. The Kier molecular flexibility index (Phi) is 3.89. The van der Waals surface area contributed by atoms with Gasteiger partial charge >= 0.3 is 0 Å². The molecule has 0 aliphatic heterocycles. The molecule has 1 aromatic heterocycles. The van der Waals surface area contributed by atoms with Crippen LogP contribution < -0.4 is 0 Å². The Morgan fingerprint density at radius 1 is 1.42 bits per heavy atom. The fraction of sp³-hybridized carbons (Fsp3) is 0.583. The molecule has 1 aromatic rings. The zero-order chi connectivity index (χ0) is 14.1. The van der Waals surface area contributed by atoms with Gasteiger partial charge in [-0.2, -0.15) is 4.31 Å². The van der Waals surface area contributed by atoms with Crippen LogP contribution >= 0.6 is 0 Å². The minimum absolute atomic E-state index is 0.0197. The highest BCUT2D eigenvalue weighted by Crippen LogP contribution is 2.31. The van der Waals surface area contributed by atoms with Gasteiger partial charge in [-0.15, -0.1) is 0 Å². The molecule has 0 aromatic carbocycles. The predicted molar refractivity (Wildman–Crippen MR) is 67.4 cm³/mol. The molecule has 1 aliphatic carbocycles. The van der Waals surface area contributed by atoms with E-state index in [0.29, 0.717) is 12.8 Å². The standard InChI is InChI=1S/C12H17FN2O3S/c1-15(9-12(16)4-2-3-5-12)19(17,18)11-6-10(13)7-14-8-11/h6-8,16H,2-5,9H2,1H3. The van der Waals surface area contributed by atoms with Gasteiger partial charge in [-0.25, -0.2) is 12.8 Å². The van der Waals surface area contributed by atoms with Crippen molar-refractivity contribution in [2.24, 2.45) is 0 Å². The molecule has 5 nitrogen and oxygen atoms in total. The van der Waals surface area contributed by atoms with Crippen LogP contribution in [-0.4, -0.2) is 42.0 Å². The number of pyridine rings is 1. The lowest BCUT2D eigenvalue weighted by molar-refractivity contribution is 0.0333. The molecule has 0 saturated heterocycles. The molecule has 106 valence electrons. The molecule has 1 aliphatic rings. The summed E-state index contributed by atoms with van der Waals surface area (Å²) in [4.78, 5) is 3.34. The van der Waals surface area contributed by atoms with Gasteiger partial charge in [0.2, 0.25) is 10.0 Å². The number of hydrogen-bond donors (Lipinski definition) is 1. The van der Waals surface area contributed by atoms with E-state index in [1.807, 2.05) is 0 Å². The molecular weight excluding hydrogens is 271 g/mol. The molecule has 19 heavy (non-hydrogen) atoms. The van der Waals surface area contributed by atoms with E-state index in [-0.39, 0.29) is 11.4 Å². The van der Waals surface area contributed by atoms with Crippen molar-refractivity contribution < 1.29 is 17.9 Å². The number of halogens is 1. The second-order valence-corrected chi connectivity index (χ2v) is 7.08. The normalized spacial score (nSPS) is 18.9. The highest BCUT2D eigenvalue weighted by molar-refractivity contribution is 7.89. The van der Waals surface area contributed by atoms with Gasteiger partial charge < -0.3 is 5.11 Å². The molecule has 0 radical (unpaired) electrons. The molecule has 1 saturated carbocycles. The Morgan fingerprint density at radius 3 is 2.63 bits per heavy atom. The number of aliphatic hydroxyl groups is 1. The molecule has 0 bridgehead atoms. The quantitative estimate of drug-likeness (QED) is 0.902. The molecule has 2 rings (SSSR count). The van der Waals surface area contributed by atoms with E-state index >= 15 is 0 Å². The Bertz CT molecular complexity index is 556. The lowest BCUT2D eigenvalue weighted by atomic mass is 10.0. The van der Waals surface area contributed by atoms with Crippen molar-refractivity contribution in [3.8, 4) is 0 Å². The molecule has 1 heterocycles. The first-order valence-corrected chi connectivity index (χ1v) is 7.57. The largest absolute Gasteiger partial charge is 0.389 e. The zero-order valence-corrected chi connectivity index (χ0v) is 11.5. The predicted octanol–water partition coefficient (Wildman–Crippen LogP) is 1.15. The summed E-state index contributed by atoms with van der Waals surface area (Å²) in [6, 6.07) is 0.928. The van der Waals surface area contributed by atoms with E-state index in [2.05, 4.69) is 4.98 Å². The second-order valence-electron chi connectivity index (χ2n) is 5.03. The summed E-state index contributed by atoms with van der Waals surface area (Å²) in [5.41, 5.74) is -0.970. The van der Waals surface area contributed by atoms with Crippen molar-refractivity contribution in [3.05, 3.63) is 24.3 Å². The van der Waals surface area contributed by atoms with E-state index in [1.54, 1.807) is 0 Å². The van der Waals surface area contributed by atoms with Crippen molar-refractivity contribution in [3.63, 3.8) is 0 Å². The van der Waals surface area contributed by atoms with Crippen LogP contribution in [0.5, 0.6) is 0 Å². The SMILES string of the molecule is CN(CC1(O)CCCC1)S(=O)(=O)c1cncc(F)c1. The topological polar surface area (TPSA) is 70.5 Å². The molecule has 7 heteroatoms. The van der Waals surface area contributed by atoms with Crippen molar-refractivity contribution in [1.82, 2.24) is 9.29 Å². The monoisotopic (exact) mass is 288 g/mol. The van der Waals surface area contributed by atoms with Crippen molar-refractivity contribution in [2.75, 3.05) is 13.6 Å². The van der Waals surface area contributed by atoms with Crippen LogP contribution in [-0.2, 0) is 10.0 Å². The second kappa shape index (κ2) is 5.15. The van der Waals surface area contributed by atoms with Gasteiger partial charge in [0.25, 0.3) is 0 Å².